The summed E-state index contributed by atoms with van der Waals surface area (Å²) < 4.78 is 27.8. The molecule has 2 aromatic carbocycles. The van der Waals surface area contributed by atoms with Crippen molar-refractivity contribution in [1.29, 1.82) is 0 Å². The topological polar surface area (TPSA) is 104 Å². The number of amides is 2. The summed E-state index contributed by atoms with van der Waals surface area (Å²) in [7, 11) is -3.75. The third-order valence-electron chi connectivity index (χ3n) is 4.15. The van der Waals surface area contributed by atoms with E-state index >= 15 is 0 Å². The standard InChI is InChI=1S/C23H31N3O4S/c1-16(2)14-20(27)25-21(17-10-7-6-8-11-17)22(28)24-18-12-9-13-19(15-18)31(29,30)26-23(3,4)5/h6-13,15-16,21,26H,14H2,1-5H3,(H,24,28)(H,25,27). The molecule has 0 saturated carbocycles. The van der Waals surface area contributed by atoms with E-state index in [-0.39, 0.29) is 16.7 Å². The molecule has 1 unspecified atom stereocenters. The van der Waals surface area contributed by atoms with Crippen LogP contribution in [0.25, 0.3) is 0 Å². The second-order valence-electron chi connectivity index (χ2n) is 8.88. The first-order valence-electron chi connectivity index (χ1n) is 10.2. The zero-order valence-corrected chi connectivity index (χ0v) is 19.4. The Morgan fingerprint density at radius 2 is 1.61 bits per heavy atom. The van der Waals surface area contributed by atoms with E-state index in [0.717, 1.165) is 0 Å². The summed E-state index contributed by atoms with van der Waals surface area (Å²) in [5.41, 5.74) is 0.313. The van der Waals surface area contributed by atoms with Crippen molar-refractivity contribution in [3.05, 3.63) is 60.2 Å². The molecule has 1 atom stereocenters. The van der Waals surface area contributed by atoms with Gasteiger partial charge in [0.1, 0.15) is 6.04 Å². The number of carbonyl (C=O) groups excluding carboxylic acids is 2. The van der Waals surface area contributed by atoms with Crippen molar-refractivity contribution in [2.45, 2.75) is 57.5 Å². The fourth-order valence-corrected chi connectivity index (χ4v) is 4.42. The van der Waals surface area contributed by atoms with Crippen molar-refractivity contribution in [2.75, 3.05) is 5.32 Å². The van der Waals surface area contributed by atoms with Crippen LogP contribution in [-0.4, -0.2) is 25.8 Å². The van der Waals surface area contributed by atoms with Gasteiger partial charge in [-0.25, -0.2) is 13.1 Å². The van der Waals surface area contributed by atoms with E-state index in [2.05, 4.69) is 15.4 Å². The molecule has 7 nitrogen and oxygen atoms in total. The predicted octanol–water partition coefficient (Wildman–Crippen LogP) is 3.61. The number of anilines is 1. The molecule has 8 heteroatoms. The zero-order valence-electron chi connectivity index (χ0n) is 18.6. The SMILES string of the molecule is CC(C)CC(=O)NC(C(=O)Nc1cccc(S(=O)(=O)NC(C)(C)C)c1)c1ccccc1. The third-order valence-corrected chi connectivity index (χ3v) is 5.90. The molecule has 0 aromatic heterocycles. The number of rotatable bonds is 8. The first-order valence-corrected chi connectivity index (χ1v) is 11.6. The van der Waals surface area contributed by atoms with Gasteiger partial charge in [-0.3, -0.25) is 9.59 Å². The van der Waals surface area contributed by atoms with E-state index in [1.807, 2.05) is 19.9 Å². The second-order valence-corrected chi connectivity index (χ2v) is 10.6. The summed E-state index contributed by atoms with van der Waals surface area (Å²) in [6.45, 7) is 9.10. The Hall–Kier alpha value is -2.71. The summed E-state index contributed by atoms with van der Waals surface area (Å²) >= 11 is 0. The Morgan fingerprint density at radius 1 is 0.968 bits per heavy atom. The maximum absolute atomic E-state index is 13.0. The van der Waals surface area contributed by atoms with Crippen LogP contribution in [0.4, 0.5) is 5.69 Å². The molecule has 2 rings (SSSR count). The van der Waals surface area contributed by atoms with Crippen molar-refractivity contribution >= 4 is 27.5 Å². The highest BCUT2D eigenvalue weighted by molar-refractivity contribution is 7.89. The Morgan fingerprint density at radius 3 is 2.19 bits per heavy atom. The number of sulfonamides is 1. The van der Waals surface area contributed by atoms with Crippen LogP contribution >= 0.6 is 0 Å². The normalized spacial score (nSPS) is 13.0. The van der Waals surface area contributed by atoms with Gasteiger partial charge in [-0.2, -0.15) is 0 Å². The Balaban J connectivity index is 2.26. The molecule has 0 fully saturated rings. The molecule has 2 aromatic rings. The van der Waals surface area contributed by atoms with Crippen LogP contribution in [0.3, 0.4) is 0 Å². The number of carbonyl (C=O) groups is 2. The lowest BCUT2D eigenvalue weighted by Gasteiger charge is -2.21. The third kappa shape index (κ3) is 7.80. The van der Waals surface area contributed by atoms with E-state index in [9.17, 15) is 18.0 Å². The van der Waals surface area contributed by atoms with Crippen LogP contribution < -0.4 is 15.4 Å². The van der Waals surface area contributed by atoms with Crippen LogP contribution in [-0.2, 0) is 19.6 Å². The zero-order chi connectivity index (χ0) is 23.2. The Labute approximate surface area is 184 Å². The summed E-state index contributed by atoms with van der Waals surface area (Å²) in [5.74, 6) is -0.539. The van der Waals surface area contributed by atoms with Gasteiger partial charge in [0.05, 0.1) is 4.90 Å². The minimum atomic E-state index is -3.75. The average Bonchev–Trinajstić information content (AvgIpc) is 2.64. The number of nitrogens with one attached hydrogen (secondary N) is 3. The molecule has 0 aliphatic carbocycles. The number of hydrogen-bond donors (Lipinski definition) is 3. The van der Waals surface area contributed by atoms with Gasteiger partial charge < -0.3 is 10.6 Å². The monoisotopic (exact) mass is 445 g/mol. The first-order chi connectivity index (χ1) is 14.4. The van der Waals surface area contributed by atoms with Gasteiger partial charge in [-0.05, 0) is 50.5 Å². The van der Waals surface area contributed by atoms with Crippen LogP contribution in [0.5, 0.6) is 0 Å². The molecule has 0 heterocycles. The van der Waals surface area contributed by atoms with Gasteiger partial charge in [-0.1, -0.05) is 50.2 Å². The van der Waals surface area contributed by atoms with Gasteiger partial charge >= 0.3 is 0 Å². The fraction of sp³-hybridized carbons (Fsp3) is 0.391. The molecule has 2 amide bonds. The van der Waals surface area contributed by atoms with Crippen LogP contribution in [0.1, 0.15) is 52.6 Å². The summed E-state index contributed by atoms with van der Waals surface area (Å²) in [5, 5.41) is 5.51. The van der Waals surface area contributed by atoms with Crippen molar-refractivity contribution in [2.24, 2.45) is 5.92 Å². The first kappa shape index (κ1) is 24.6. The maximum Gasteiger partial charge on any atom is 0.251 e. The number of benzene rings is 2. The lowest BCUT2D eigenvalue weighted by atomic mass is 10.0. The second kappa shape index (κ2) is 10.1. The number of hydrogen-bond acceptors (Lipinski definition) is 4. The molecule has 0 radical (unpaired) electrons. The van der Waals surface area contributed by atoms with E-state index < -0.39 is 27.5 Å². The van der Waals surface area contributed by atoms with Gasteiger partial charge in [0.25, 0.3) is 5.91 Å². The van der Waals surface area contributed by atoms with Crippen molar-refractivity contribution in [3.8, 4) is 0 Å². The highest BCUT2D eigenvalue weighted by atomic mass is 32.2. The quantitative estimate of drug-likeness (QED) is 0.577. The van der Waals surface area contributed by atoms with Crippen molar-refractivity contribution < 1.29 is 18.0 Å². The fourth-order valence-electron chi connectivity index (χ4n) is 2.95. The molecular weight excluding hydrogens is 414 g/mol. The van der Waals surface area contributed by atoms with Crippen molar-refractivity contribution in [1.82, 2.24) is 10.0 Å². The average molecular weight is 446 g/mol. The van der Waals surface area contributed by atoms with Gasteiger partial charge in [0.2, 0.25) is 15.9 Å². The van der Waals surface area contributed by atoms with E-state index in [1.165, 1.54) is 12.1 Å². The van der Waals surface area contributed by atoms with E-state index in [0.29, 0.717) is 17.7 Å². The molecule has 0 aliphatic rings. The molecule has 31 heavy (non-hydrogen) atoms. The predicted molar refractivity (Wildman–Crippen MR) is 122 cm³/mol. The highest BCUT2D eigenvalue weighted by Crippen LogP contribution is 2.20. The molecule has 3 N–H and O–H groups in total. The van der Waals surface area contributed by atoms with Crippen LogP contribution in [0.15, 0.2) is 59.5 Å². The lowest BCUT2D eigenvalue weighted by Crippen LogP contribution is -2.40. The van der Waals surface area contributed by atoms with Gasteiger partial charge in [-0.15, -0.1) is 0 Å². The van der Waals surface area contributed by atoms with Crippen molar-refractivity contribution in [3.63, 3.8) is 0 Å². The van der Waals surface area contributed by atoms with Crippen LogP contribution in [0.2, 0.25) is 0 Å². The molecule has 0 bridgehead atoms. The Bertz CT molecular complexity index is 1010. The lowest BCUT2D eigenvalue weighted by molar-refractivity contribution is -0.127. The summed E-state index contributed by atoms with van der Waals surface area (Å²) in [4.78, 5) is 25.4. The highest BCUT2D eigenvalue weighted by Gasteiger charge is 2.25. The molecule has 0 spiro atoms. The molecule has 0 aliphatic heterocycles. The van der Waals surface area contributed by atoms with Crippen LogP contribution in [0, 0.1) is 5.92 Å². The van der Waals surface area contributed by atoms with E-state index in [1.54, 1.807) is 57.2 Å². The minimum Gasteiger partial charge on any atom is -0.341 e. The Kier molecular flexibility index (Phi) is 7.97. The van der Waals surface area contributed by atoms with Gasteiger partial charge in [0, 0.05) is 17.6 Å². The smallest absolute Gasteiger partial charge is 0.251 e. The minimum absolute atomic E-state index is 0.0420. The van der Waals surface area contributed by atoms with E-state index in [4.69, 9.17) is 0 Å². The molecule has 168 valence electrons. The molecular formula is C23H31N3O4S. The molecule has 0 saturated heterocycles. The summed E-state index contributed by atoms with van der Waals surface area (Å²) in [6, 6.07) is 14.0. The maximum atomic E-state index is 13.0. The van der Waals surface area contributed by atoms with Gasteiger partial charge in [0.15, 0.2) is 0 Å². The largest absolute Gasteiger partial charge is 0.341 e. The summed E-state index contributed by atoms with van der Waals surface area (Å²) in [6.07, 6.45) is 0.294.